The van der Waals surface area contributed by atoms with E-state index in [9.17, 15) is 20.2 Å². The molecule has 0 saturated heterocycles. The van der Waals surface area contributed by atoms with Gasteiger partial charge in [0.05, 0.1) is 12.0 Å². The van der Waals surface area contributed by atoms with E-state index in [-0.39, 0.29) is 34.4 Å². The van der Waals surface area contributed by atoms with E-state index in [0.717, 1.165) is 13.4 Å². The quantitative estimate of drug-likeness (QED) is 0.475. The van der Waals surface area contributed by atoms with Gasteiger partial charge in [0.1, 0.15) is 29.3 Å². The Hall–Kier alpha value is -3.68. The lowest BCUT2D eigenvalue weighted by Gasteiger charge is -2.04. The third kappa shape index (κ3) is 2.72. The van der Waals surface area contributed by atoms with Crippen LogP contribution in [0.3, 0.4) is 0 Å². The van der Waals surface area contributed by atoms with Crippen molar-refractivity contribution in [2.75, 3.05) is 18.2 Å². The molecule has 2 rings (SSSR count). The van der Waals surface area contributed by atoms with Crippen molar-refractivity contribution in [1.29, 1.82) is 5.26 Å². The molecule has 23 heavy (non-hydrogen) atoms. The van der Waals surface area contributed by atoms with Crippen molar-refractivity contribution < 1.29 is 18.9 Å². The monoisotopic (exact) mass is 318 g/mol. The number of carbonyl (C=O) groups is 1. The third-order valence-electron chi connectivity index (χ3n) is 2.85. The zero-order valence-electron chi connectivity index (χ0n) is 12.0. The first kappa shape index (κ1) is 15.7. The Labute approximate surface area is 128 Å². The maximum atomic E-state index is 11.7. The van der Waals surface area contributed by atoms with Crippen molar-refractivity contribution in [2.45, 2.75) is 6.92 Å². The van der Waals surface area contributed by atoms with Crippen LogP contribution in [0.15, 0.2) is 10.7 Å². The summed E-state index contributed by atoms with van der Waals surface area (Å²) in [5.41, 5.74) is 4.62. The summed E-state index contributed by atoms with van der Waals surface area (Å²) in [6.07, 6.45) is 1.01. The van der Waals surface area contributed by atoms with E-state index in [1.165, 1.54) is 6.92 Å². The van der Waals surface area contributed by atoms with Gasteiger partial charge in [0, 0.05) is 0 Å². The van der Waals surface area contributed by atoms with E-state index in [4.69, 9.17) is 10.2 Å². The van der Waals surface area contributed by atoms with Crippen LogP contribution in [-0.2, 0) is 4.74 Å². The number of methoxy groups -OCH3 is 1. The van der Waals surface area contributed by atoms with Crippen LogP contribution in [0.25, 0.3) is 0 Å². The minimum absolute atomic E-state index is 0.0813. The molecule has 0 aliphatic carbocycles. The molecule has 0 fully saturated rings. The van der Waals surface area contributed by atoms with E-state index in [2.05, 4.69) is 20.0 Å². The molecule has 0 radical (unpaired) electrons. The number of ether oxygens (including phenoxy) is 1. The molecule has 2 heterocycles. The van der Waals surface area contributed by atoms with Gasteiger partial charge in [-0.1, -0.05) is 0 Å². The first-order valence-electron chi connectivity index (χ1n) is 6.04. The normalized spacial score (nSPS) is 9.96. The Bertz CT molecular complexity index is 837. The Kier molecular flexibility index (Phi) is 4.08. The molecule has 0 unspecified atom stereocenters. The molecule has 118 valence electrons. The fraction of sp³-hybridized carbons (Fsp3) is 0.167. The van der Waals surface area contributed by atoms with Gasteiger partial charge in [0.15, 0.2) is 0 Å². The standard InChI is InChI=1S/C12H10N6O5/c1-5-7(12(19)22-2)6(3-13)11(23-5)17-10-8(18(20)21)9(14)15-4-16-10/h4H,1-2H3,(H3,14,15,16,17). The number of nitriles is 1. The molecule has 0 saturated carbocycles. The Balaban J connectivity index is 2.55. The van der Waals surface area contributed by atoms with Crippen LogP contribution in [0.2, 0.25) is 0 Å². The molecular formula is C12H10N6O5. The molecule has 0 aromatic carbocycles. The molecule has 0 spiro atoms. The van der Waals surface area contributed by atoms with Gasteiger partial charge in [-0.05, 0) is 6.92 Å². The highest BCUT2D eigenvalue weighted by atomic mass is 16.6. The van der Waals surface area contributed by atoms with Gasteiger partial charge in [0.2, 0.25) is 17.5 Å². The molecule has 11 heteroatoms. The number of aryl methyl sites for hydroxylation is 1. The summed E-state index contributed by atoms with van der Waals surface area (Å²) in [6.45, 7) is 1.45. The average molecular weight is 318 g/mol. The Morgan fingerprint density at radius 3 is 2.83 bits per heavy atom. The van der Waals surface area contributed by atoms with E-state index < -0.39 is 16.6 Å². The topological polar surface area (TPSA) is 170 Å². The number of furan rings is 1. The number of hydrogen-bond donors (Lipinski definition) is 2. The summed E-state index contributed by atoms with van der Waals surface area (Å²) in [4.78, 5) is 29.2. The molecule has 3 N–H and O–H groups in total. The van der Waals surface area contributed by atoms with Crippen LogP contribution in [0.4, 0.5) is 23.2 Å². The number of esters is 1. The van der Waals surface area contributed by atoms with E-state index in [1.807, 2.05) is 0 Å². The van der Waals surface area contributed by atoms with Gasteiger partial charge in [-0.3, -0.25) is 10.1 Å². The summed E-state index contributed by atoms with van der Waals surface area (Å²) in [6, 6.07) is 1.78. The lowest BCUT2D eigenvalue weighted by Crippen LogP contribution is -2.06. The molecular weight excluding hydrogens is 308 g/mol. The zero-order valence-corrected chi connectivity index (χ0v) is 12.0. The highest BCUT2D eigenvalue weighted by Gasteiger charge is 2.27. The van der Waals surface area contributed by atoms with Gasteiger partial charge in [-0.25, -0.2) is 14.8 Å². The number of nitrogen functional groups attached to an aromatic ring is 1. The number of nitrogens with zero attached hydrogens (tertiary/aromatic N) is 4. The third-order valence-corrected chi connectivity index (χ3v) is 2.85. The summed E-state index contributed by atoms with van der Waals surface area (Å²) >= 11 is 0. The van der Waals surface area contributed by atoms with Crippen molar-refractivity contribution in [2.24, 2.45) is 0 Å². The Morgan fingerprint density at radius 2 is 2.26 bits per heavy atom. The molecule has 0 aliphatic rings. The van der Waals surface area contributed by atoms with Crippen LogP contribution in [0.5, 0.6) is 0 Å². The molecule has 0 aliphatic heterocycles. The maximum absolute atomic E-state index is 11.7. The number of nitrogens with one attached hydrogen (secondary N) is 1. The van der Waals surface area contributed by atoms with E-state index in [1.54, 1.807) is 6.07 Å². The van der Waals surface area contributed by atoms with E-state index >= 15 is 0 Å². The largest absolute Gasteiger partial charge is 0.465 e. The predicted octanol–water partition coefficient (Wildman–Crippen LogP) is 1.27. The second-order valence-corrected chi connectivity index (χ2v) is 4.18. The smallest absolute Gasteiger partial charge is 0.353 e. The van der Waals surface area contributed by atoms with Gasteiger partial charge < -0.3 is 20.2 Å². The van der Waals surface area contributed by atoms with Crippen molar-refractivity contribution in [1.82, 2.24) is 9.97 Å². The second-order valence-electron chi connectivity index (χ2n) is 4.18. The molecule has 11 nitrogen and oxygen atoms in total. The zero-order chi connectivity index (χ0) is 17.1. The number of anilines is 3. The highest BCUT2D eigenvalue weighted by molar-refractivity contribution is 5.95. The lowest BCUT2D eigenvalue weighted by atomic mass is 10.1. The number of carbonyl (C=O) groups excluding carboxylic acids is 1. The minimum atomic E-state index is -0.777. The molecule has 2 aromatic rings. The SMILES string of the molecule is COC(=O)c1c(C)oc(Nc2ncnc(N)c2[N+](=O)[O-])c1C#N. The number of aromatic nitrogens is 2. The Morgan fingerprint density at radius 1 is 1.57 bits per heavy atom. The fourth-order valence-electron chi connectivity index (χ4n) is 1.86. The van der Waals surface area contributed by atoms with Crippen LogP contribution in [0.1, 0.15) is 21.7 Å². The first-order chi connectivity index (χ1) is 10.9. The highest BCUT2D eigenvalue weighted by Crippen LogP contribution is 2.33. The number of rotatable bonds is 4. The number of nitrogens with two attached hydrogens (primary N) is 1. The van der Waals surface area contributed by atoms with Crippen LogP contribution in [-0.4, -0.2) is 28.0 Å². The van der Waals surface area contributed by atoms with E-state index in [0.29, 0.717) is 0 Å². The average Bonchev–Trinajstić information content (AvgIpc) is 2.81. The second kappa shape index (κ2) is 5.98. The molecule has 2 aromatic heterocycles. The minimum Gasteiger partial charge on any atom is -0.465 e. The van der Waals surface area contributed by atoms with Gasteiger partial charge in [-0.2, -0.15) is 5.26 Å². The first-order valence-corrected chi connectivity index (χ1v) is 6.04. The van der Waals surface area contributed by atoms with Crippen LogP contribution >= 0.6 is 0 Å². The molecule has 0 atom stereocenters. The van der Waals surface area contributed by atoms with Crippen LogP contribution in [0, 0.1) is 28.4 Å². The van der Waals surface area contributed by atoms with Gasteiger partial charge >= 0.3 is 11.7 Å². The predicted molar refractivity (Wildman–Crippen MR) is 75.9 cm³/mol. The summed E-state index contributed by atoms with van der Waals surface area (Å²) in [7, 11) is 1.15. The molecule has 0 bridgehead atoms. The van der Waals surface area contributed by atoms with Gasteiger partial charge in [-0.15, -0.1) is 0 Å². The van der Waals surface area contributed by atoms with Crippen molar-refractivity contribution >= 4 is 29.2 Å². The maximum Gasteiger partial charge on any atom is 0.353 e. The van der Waals surface area contributed by atoms with Crippen molar-refractivity contribution in [3.8, 4) is 6.07 Å². The van der Waals surface area contributed by atoms with Gasteiger partial charge in [0.25, 0.3) is 0 Å². The summed E-state index contributed by atoms with van der Waals surface area (Å²) < 4.78 is 9.85. The van der Waals surface area contributed by atoms with Crippen LogP contribution < -0.4 is 11.1 Å². The fourth-order valence-corrected chi connectivity index (χ4v) is 1.86. The molecule has 0 amide bonds. The summed E-state index contributed by atoms with van der Waals surface area (Å²) in [5.74, 6) is -1.48. The number of nitro groups is 1. The van der Waals surface area contributed by atoms with Crippen molar-refractivity contribution in [3.05, 3.63) is 33.3 Å². The summed E-state index contributed by atoms with van der Waals surface area (Å²) in [5, 5.41) is 22.8. The van der Waals surface area contributed by atoms with Crippen molar-refractivity contribution in [3.63, 3.8) is 0 Å². The number of hydrogen-bond acceptors (Lipinski definition) is 10. The lowest BCUT2D eigenvalue weighted by molar-refractivity contribution is -0.383.